The minimum absolute atomic E-state index is 0.105. The van der Waals surface area contributed by atoms with E-state index in [-0.39, 0.29) is 11.8 Å². The quantitative estimate of drug-likeness (QED) is 0.684. The van der Waals surface area contributed by atoms with Crippen LogP contribution in [0.3, 0.4) is 0 Å². The SMILES string of the molecule is CCOc1ccc(C2c3c(n[nH]c3-c3ccc(OC)cc3)OC(=N)C2C#N)cc1. The smallest absolute Gasteiger partial charge is 0.244 e. The van der Waals surface area contributed by atoms with E-state index in [0.29, 0.717) is 12.5 Å². The molecule has 0 aliphatic carbocycles. The van der Waals surface area contributed by atoms with Crippen LogP contribution in [-0.4, -0.2) is 29.8 Å². The molecule has 2 atom stereocenters. The van der Waals surface area contributed by atoms with Crippen molar-refractivity contribution in [3.63, 3.8) is 0 Å². The highest BCUT2D eigenvalue weighted by Crippen LogP contribution is 2.46. The molecular formula is C22H20N4O3. The van der Waals surface area contributed by atoms with Gasteiger partial charge in [0.2, 0.25) is 11.8 Å². The second-order valence-electron chi connectivity index (χ2n) is 6.60. The van der Waals surface area contributed by atoms with Gasteiger partial charge >= 0.3 is 0 Å². The number of hydrogen-bond acceptors (Lipinski definition) is 6. The molecule has 1 aliphatic heterocycles. The number of benzene rings is 2. The van der Waals surface area contributed by atoms with Crippen molar-refractivity contribution in [1.29, 1.82) is 10.7 Å². The van der Waals surface area contributed by atoms with Crippen LogP contribution in [0.1, 0.15) is 24.0 Å². The van der Waals surface area contributed by atoms with E-state index in [1.165, 1.54) is 0 Å². The molecule has 7 nitrogen and oxygen atoms in total. The van der Waals surface area contributed by atoms with Crippen LogP contribution in [-0.2, 0) is 0 Å². The number of rotatable bonds is 5. The zero-order valence-corrected chi connectivity index (χ0v) is 16.1. The first-order valence-electron chi connectivity index (χ1n) is 9.27. The van der Waals surface area contributed by atoms with Crippen LogP contribution in [0.4, 0.5) is 0 Å². The van der Waals surface area contributed by atoms with Gasteiger partial charge in [-0.25, -0.2) is 0 Å². The molecule has 0 saturated carbocycles. The topological polar surface area (TPSA) is 104 Å². The maximum atomic E-state index is 9.78. The first kappa shape index (κ1) is 18.6. The second kappa shape index (κ2) is 7.68. The van der Waals surface area contributed by atoms with Crippen molar-refractivity contribution in [2.75, 3.05) is 13.7 Å². The summed E-state index contributed by atoms with van der Waals surface area (Å²) in [5.41, 5.74) is 3.31. The third-order valence-corrected chi connectivity index (χ3v) is 4.97. The lowest BCUT2D eigenvalue weighted by Gasteiger charge is -2.28. The highest BCUT2D eigenvalue weighted by Gasteiger charge is 2.40. The third-order valence-electron chi connectivity index (χ3n) is 4.97. The number of H-pyrrole nitrogens is 1. The highest BCUT2D eigenvalue weighted by atomic mass is 16.5. The van der Waals surface area contributed by atoms with Gasteiger partial charge in [-0.05, 0) is 48.9 Å². The number of hydrogen-bond donors (Lipinski definition) is 2. The standard InChI is InChI=1S/C22H20N4O3/c1-3-28-16-10-4-13(5-11-16)18-17(12-23)21(24)29-22-19(18)20(25-26-22)14-6-8-15(27-2)9-7-14/h4-11,17-18,24H,3H2,1-2H3,(H,25,26). The van der Waals surface area contributed by atoms with Gasteiger partial charge in [0.15, 0.2) is 0 Å². The van der Waals surface area contributed by atoms with E-state index in [0.717, 1.165) is 33.9 Å². The molecule has 2 unspecified atom stereocenters. The fourth-order valence-electron chi connectivity index (χ4n) is 3.59. The molecule has 0 fully saturated rings. The Morgan fingerprint density at radius 1 is 1.14 bits per heavy atom. The summed E-state index contributed by atoms with van der Waals surface area (Å²) in [4.78, 5) is 0. The summed E-state index contributed by atoms with van der Waals surface area (Å²) < 4.78 is 16.3. The van der Waals surface area contributed by atoms with Gasteiger partial charge in [0.1, 0.15) is 17.4 Å². The Morgan fingerprint density at radius 2 is 1.83 bits per heavy atom. The second-order valence-corrected chi connectivity index (χ2v) is 6.60. The van der Waals surface area contributed by atoms with Crippen LogP contribution >= 0.6 is 0 Å². The number of nitrogens with zero attached hydrogens (tertiary/aromatic N) is 2. The monoisotopic (exact) mass is 388 g/mol. The number of fused-ring (bicyclic) bond motifs is 1. The Morgan fingerprint density at radius 3 is 2.45 bits per heavy atom. The summed E-state index contributed by atoms with van der Waals surface area (Å²) in [6, 6.07) is 17.4. The van der Waals surface area contributed by atoms with Crippen molar-refractivity contribution in [1.82, 2.24) is 10.2 Å². The van der Waals surface area contributed by atoms with Crippen molar-refractivity contribution in [3.8, 4) is 34.7 Å². The van der Waals surface area contributed by atoms with Gasteiger partial charge in [-0.2, -0.15) is 5.26 Å². The van der Waals surface area contributed by atoms with Crippen molar-refractivity contribution in [2.45, 2.75) is 12.8 Å². The third kappa shape index (κ3) is 3.29. The van der Waals surface area contributed by atoms with Crippen LogP contribution in [0.15, 0.2) is 48.5 Å². The molecule has 0 spiro atoms. The van der Waals surface area contributed by atoms with E-state index in [4.69, 9.17) is 19.6 Å². The molecule has 146 valence electrons. The molecule has 2 aromatic carbocycles. The number of aromatic nitrogens is 2. The van der Waals surface area contributed by atoms with Gasteiger partial charge < -0.3 is 14.2 Å². The van der Waals surface area contributed by atoms with Gasteiger partial charge in [0, 0.05) is 11.5 Å². The van der Waals surface area contributed by atoms with Gasteiger partial charge in [0.25, 0.3) is 0 Å². The lowest BCUT2D eigenvalue weighted by atomic mass is 9.79. The molecule has 4 rings (SSSR count). The molecule has 3 aromatic rings. The molecule has 0 radical (unpaired) electrons. The number of ether oxygens (including phenoxy) is 3. The lowest BCUT2D eigenvalue weighted by molar-refractivity contribution is 0.340. The number of methoxy groups -OCH3 is 1. The fourth-order valence-corrected chi connectivity index (χ4v) is 3.59. The number of aromatic amines is 1. The molecule has 29 heavy (non-hydrogen) atoms. The lowest BCUT2D eigenvalue weighted by Crippen LogP contribution is -2.30. The zero-order valence-electron chi connectivity index (χ0n) is 16.1. The molecule has 1 aromatic heterocycles. The van der Waals surface area contributed by atoms with Crippen molar-refractivity contribution in [2.24, 2.45) is 5.92 Å². The molecular weight excluding hydrogens is 368 g/mol. The molecule has 7 heteroatoms. The molecule has 0 bridgehead atoms. The zero-order chi connectivity index (χ0) is 20.4. The summed E-state index contributed by atoms with van der Waals surface area (Å²) in [6.07, 6.45) is 0. The van der Waals surface area contributed by atoms with Gasteiger partial charge in [0.05, 0.1) is 31.0 Å². The van der Waals surface area contributed by atoms with Crippen molar-refractivity contribution >= 4 is 5.90 Å². The van der Waals surface area contributed by atoms with Crippen LogP contribution < -0.4 is 14.2 Å². The fraction of sp³-hybridized carbons (Fsp3) is 0.227. The maximum Gasteiger partial charge on any atom is 0.244 e. The van der Waals surface area contributed by atoms with E-state index in [9.17, 15) is 5.26 Å². The van der Waals surface area contributed by atoms with Crippen LogP contribution in [0.5, 0.6) is 17.4 Å². The Bertz CT molecular complexity index is 1060. The van der Waals surface area contributed by atoms with E-state index in [2.05, 4.69) is 16.3 Å². The van der Waals surface area contributed by atoms with E-state index >= 15 is 0 Å². The summed E-state index contributed by atoms with van der Waals surface area (Å²) in [5.74, 6) is 0.587. The van der Waals surface area contributed by atoms with E-state index in [1.54, 1.807) is 7.11 Å². The van der Waals surface area contributed by atoms with Crippen molar-refractivity contribution in [3.05, 3.63) is 59.7 Å². The average Bonchev–Trinajstić information content (AvgIpc) is 3.17. The van der Waals surface area contributed by atoms with E-state index < -0.39 is 5.92 Å². The number of nitrogens with one attached hydrogen (secondary N) is 2. The van der Waals surface area contributed by atoms with Crippen LogP contribution in [0.25, 0.3) is 11.3 Å². The van der Waals surface area contributed by atoms with Gasteiger partial charge in [-0.15, -0.1) is 5.10 Å². The Kier molecular flexibility index (Phi) is 4.92. The Labute approximate surface area is 168 Å². The van der Waals surface area contributed by atoms with E-state index in [1.807, 2.05) is 55.5 Å². The summed E-state index contributed by atoms with van der Waals surface area (Å²) in [7, 11) is 1.62. The minimum atomic E-state index is -0.755. The van der Waals surface area contributed by atoms with Gasteiger partial charge in [-0.3, -0.25) is 10.5 Å². The summed E-state index contributed by atoms with van der Waals surface area (Å²) >= 11 is 0. The first-order chi connectivity index (χ1) is 14.2. The number of nitriles is 1. The molecule has 1 aliphatic rings. The van der Waals surface area contributed by atoms with Gasteiger partial charge in [-0.1, -0.05) is 12.1 Å². The largest absolute Gasteiger partial charge is 0.497 e. The van der Waals surface area contributed by atoms with Crippen molar-refractivity contribution < 1.29 is 14.2 Å². The first-order valence-corrected chi connectivity index (χ1v) is 9.27. The molecule has 2 heterocycles. The highest BCUT2D eigenvalue weighted by molar-refractivity contribution is 5.86. The minimum Gasteiger partial charge on any atom is -0.497 e. The molecule has 2 N–H and O–H groups in total. The van der Waals surface area contributed by atoms with Crippen LogP contribution in [0, 0.1) is 22.7 Å². The summed E-state index contributed by atoms with van der Waals surface area (Å²) in [5, 5.41) is 25.3. The Balaban J connectivity index is 1.83. The predicted octanol–water partition coefficient (Wildman–Crippen LogP) is 4.13. The van der Waals surface area contributed by atoms with Crippen LogP contribution in [0.2, 0.25) is 0 Å². The average molecular weight is 388 g/mol. The summed E-state index contributed by atoms with van der Waals surface area (Å²) in [6.45, 7) is 2.51. The molecule has 0 saturated heterocycles. The molecule has 0 amide bonds. The predicted molar refractivity (Wildman–Crippen MR) is 107 cm³/mol. The Hall–Kier alpha value is -3.79. The normalized spacial score (nSPS) is 17.8. The maximum absolute atomic E-state index is 9.78.